The molecule has 92 valence electrons. The summed E-state index contributed by atoms with van der Waals surface area (Å²) in [5.41, 5.74) is 1.48. The second-order valence-corrected chi connectivity index (χ2v) is 3.36. The van der Waals surface area contributed by atoms with E-state index in [1.54, 1.807) is 0 Å². The van der Waals surface area contributed by atoms with Crippen molar-refractivity contribution < 1.29 is 46.5 Å². The number of halogens is 2. The Morgan fingerprint density at radius 2 is 1.47 bits per heavy atom. The minimum Gasteiger partial charge on any atom is -1.00 e. The number of aryl methyl sites for hydroxylation is 1. The number of hydrogen-bond acceptors (Lipinski definition) is 0. The van der Waals surface area contributed by atoms with Crippen LogP contribution in [-0.4, -0.2) is 0 Å². The molecule has 0 bridgehead atoms. The van der Waals surface area contributed by atoms with Gasteiger partial charge in [-0.2, -0.15) is 35.9 Å². The van der Waals surface area contributed by atoms with Crippen LogP contribution in [0.2, 0.25) is 0 Å². The normalized spacial score (nSPS) is 7.59. The molecule has 0 saturated carbocycles. The monoisotopic (exact) mass is 304 g/mol. The molecule has 0 radical (unpaired) electrons. The molecule has 0 aromatic heterocycles. The molecule has 0 heterocycles. The molecular formula is C14H18Cl2Ti. The van der Waals surface area contributed by atoms with E-state index in [2.05, 4.69) is 31.2 Å². The molecule has 2 rings (SSSR count). The van der Waals surface area contributed by atoms with Gasteiger partial charge in [0.2, 0.25) is 0 Å². The van der Waals surface area contributed by atoms with E-state index in [0.717, 1.165) is 0 Å². The van der Waals surface area contributed by atoms with Crippen molar-refractivity contribution in [2.24, 2.45) is 0 Å². The summed E-state index contributed by atoms with van der Waals surface area (Å²) in [7, 11) is 0. The van der Waals surface area contributed by atoms with Gasteiger partial charge in [-0.3, -0.25) is 0 Å². The van der Waals surface area contributed by atoms with Crippen molar-refractivity contribution in [2.75, 3.05) is 0 Å². The van der Waals surface area contributed by atoms with E-state index < -0.39 is 0 Å². The minimum absolute atomic E-state index is 0. The number of unbranched alkanes of at least 4 members (excludes halogenated alkanes) is 1. The van der Waals surface area contributed by atoms with Crippen LogP contribution in [0.4, 0.5) is 0 Å². The minimum atomic E-state index is 0. The predicted molar refractivity (Wildman–Crippen MR) is 62.7 cm³/mol. The summed E-state index contributed by atoms with van der Waals surface area (Å²) >= 11 is 0. The molecule has 0 aliphatic carbocycles. The molecular weight excluding hydrogens is 287 g/mol. The molecule has 0 fully saturated rings. The Morgan fingerprint density at radius 3 is 1.82 bits per heavy atom. The number of hydrogen-bond donors (Lipinski definition) is 0. The molecule has 3 heteroatoms. The number of rotatable bonds is 3. The summed E-state index contributed by atoms with van der Waals surface area (Å²) in [4.78, 5) is 0. The van der Waals surface area contributed by atoms with E-state index >= 15 is 0 Å². The molecule has 0 unspecified atom stereocenters. The maximum atomic E-state index is 2.23. The average Bonchev–Trinajstić information content (AvgIpc) is 2.90. The summed E-state index contributed by atoms with van der Waals surface area (Å²) in [6.07, 6.45) is 3.87. The molecule has 0 nitrogen and oxygen atoms in total. The Hall–Kier alpha value is -0.00571. The molecule has 0 atom stereocenters. The smallest absolute Gasteiger partial charge is 1.00 e. The van der Waals surface area contributed by atoms with Gasteiger partial charge < -0.3 is 24.8 Å². The molecule has 0 aliphatic rings. The van der Waals surface area contributed by atoms with Crippen LogP contribution in [-0.2, 0) is 28.1 Å². The Balaban J connectivity index is -0.000000216. The summed E-state index contributed by atoms with van der Waals surface area (Å²) in [5, 5.41) is 0. The van der Waals surface area contributed by atoms with Crippen LogP contribution in [0, 0.1) is 0 Å². The van der Waals surface area contributed by atoms with E-state index in [9.17, 15) is 0 Å². The van der Waals surface area contributed by atoms with Gasteiger partial charge in [0.05, 0.1) is 0 Å². The Bertz CT molecular complexity index is 271. The van der Waals surface area contributed by atoms with Crippen LogP contribution < -0.4 is 24.8 Å². The Kier molecular flexibility index (Phi) is 20.9. The van der Waals surface area contributed by atoms with Crippen molar-refractivity contribution in [3.8, 4) is 0 Å². The van der Waals surface area contributed by atoms with Crippen molar-refractivity contribution in [1.82, 2.24) is 0 Å². The van der Waals surface area contributed by atoms with Gasteiger partial charge in [-0.05, 0) is 0 Å². The van der Waals surface area contributed by atoms with Gasteiger partial charge in [0.1, 0.15) is 0 Å². The zero-order chi connectivity index (χ0) is 10.1. The van der Waals surface area contributed by atoms with Crippen LogP contribution in [0.1, 0.15) is 25.3 Å². The van der Waals surface area contributed by atoms with Crippen molar-refractivity contribution in [1.29, 1.82) is 0 Å². The first-order valence-electron chi connectivity index (χ1n) is 5.30. The first-order valence-corrected chi connectivity index (χ1v) is 5.30. The Morgan fingerprint density at radius 1 is 0.941 bits per heavy atom. The molecule has 0 spiro atoms. The summed E-state index contributed by atoms with van der Waals surface area (Å²) in [6.45, 7) is 2.23. The molecule has 0 aliphatic heterocycles. The van der Waals surface area contributed by atoms with E-state index in [1.807, 2.05) is 30.3 Å². The fourth-order valence-corrected chi connectivity index (χ4v) is 1.28. The van der Waals surface area contributed by atoms with Gasteiger partial charge in [-0.25, -0.2) is 24.3 Å². The van der Waals surface area contributed by atoms with Crippen LogP contribution in [0.25, 0.3) is 0 Å². The van der Waals surface area contributed by atoms with Crippen LogP contribution in [0.5, 0.6) is 0 Å². The first-order chi connectivity index (χ1) is 6.93. The second kappa shape index (κ2) is 16.0. The Labute approximate surface area is 132 Å². The van der Waals surface area contributed by atoms with Crippen molar-refractivity contribution >= 4 is 0 Å². The van der Waals surface area contributed by atoms with Gasteiger partial charge in [0.25, 0.3) is 0 Å². The predicted octanol–water partition coefficient (Wildman–Crippen LogP) is -1.84. The quantitative estimate of drug-likeness (QED) is 0.462. The maximum Gasteiger partial charge on any atom is 4.00 e. The van der Waals surface area contributed by atoms with Crippen molar-refractivity contribution in [3.63, 3.8) is 0 Å². The topological polar surface area (TPSA) is 0 Å². The molecule has 17 heavy (non-hydrogen) atoms. The van der Waals surface area contributed by atoms with Gasteiger partial charge in [-0.15, -0.1) is 0 Å². The average molecular weight is 305 g/mol. The van der Waals surface area contributed by atoms with Gasteiger partial charge >= 0.3 is 21.7 Å². The van der Waals surface area contributed by atoms with Crippen LogP contribution in [0.3, 0.4) is 0 Å². The molecule has 0 N–H and O–H groups in total. The molecule has 0 saturated heterocycles. The SMILES string of the molecule is CCCC[c-]1cccc1.[Cl-].[Cl-].[Ti+4].c1cc[cH-]c1. The van der Waals surface area contributed by atoms with Crippen LogP contribution in [0.15, 0.2) is 54.6 Å². The summed E-state index contributed by atoms with van der Waals surface area (Å²) in [6, 6.07) is 18.6. The zero-order valence-electron chi connectivity index (χ0n) is 10.1. The van der Waals surface area contributed by atoms with E-state index in [-0.39, 0.29) is 46.5 Å². The summed E-state index contributed by atoms with van der Waals surface area (Å²) < 4.78 is 0. The zero-order valence-corrected chi connectivity index (χ0v) is 13.1. The maximum absolute atomic E-state index is 2.23. The van der Waals surface area contributed by atoms with Gasteiger partial charge in [0.15, 0.2) is 0 Å². The standard InChI is InChI=1S/C9H13.C5H5.2ClH.Ti/c1-2-3-6-9-7-4-5-8-9;1-2-4-5-3-1;;;/h4-5,7-8H,2-3,6H2,1H3;1-5H;2*1H;/q2*-1;;;+4/p-2. The largest absolute Gasteiger partial charge is 4.00 e. The van der Waals surface area contributed by atoms with Gasteiger partial charge in [-0.1, -0.05) is 26.2 Å². The van der Waals surface area contributed by atoms with E-state index in [1.165, 1.54) is 24.8 Å². The molecule has 2 aromatic carbocycles. The van der Waals surface area contributed by atoms with E-state index in [4.69, 9.17) is 0 Å². The third kappa shape index (κ3) is 12.2. The fourth-order valence-electron chi connectivity index (χ4n) is 1.28. The molecule has 2 aromatic rings. The third-order valence-corrected chi connectivity index (χ3v) is 2.11. The molecule has 0 amide bonds. The second-order valence-electron chi connectivity index (χ2n) is 3.36. The fraction of sp³-hybridized carbons (Fsp3) is 0.286. The first kappa shape index (κ1) is 22.2. The van der Waals surface area contributed by atoms with Crippen molar-refractivity contribution in [3.05, 3.63) is 60.2 Å². The van der Waals surface area contributed by atoms with Crippen LogP contribution >= 0.6 is 0 Å². The van der Waals surface area contributed by atoms with Crippen molar-refractivity contribution in [2.45, 2.75) is 26.2 Å². The summed E-state index contributed by atoms with van der Waals surface area (Å²) in [5.74, 6) is 0. The third-order valence-electron chi connectivity index (χ3n) is 2.11. The van der Waals surface area contributed by atoms with Gasteiger partial charge in [0, 0.05) is 0 Å². The van der Waals surface area contributed by atoms with E-state index in [0.29, 0.717) is 0 Å².